The normalized spacial score (nSPS) is 12.6. The Hall–Kier alpha value is -0.390. The maximum Gasteiger partial charge on any atom is 0.330 e. The lowest BCUT2D eigenvalue weighted by molar-refractivity contribution is -0.173. The molecule has 0 fully saturated rings. The molecule has 0 aromatic heterocycles. The maximum absolute atomic E-state index is 11.7. The third kappa shape index (κ3) is 2.95. The van der Waals surface area contributed by atoms with Crippen molar-refractivity contribution < 1.29 is 26.7 Å². The van der Waals surface area contributed by atoms with Gasteiger partial charge in [-0.1, -0.05) is 0 Å². The van der Waals surface area contributed by atoms with Crippen LogP contribution in [0.2, 0.25) is 0 Å². The summed E-state index contributed by atoms with van der Waals surface area (Å²) < 4.78 is 60.2. The van der Waals surface area contributed by atoms with E-state index in [2.05, 4.69) is 4.74 Å². The summed E-state index contributed by atoms with van der Waals surface area (Å²) >= 11 is 0. The summed E-state index contributed by atoms with van der Waals surface area (Å²) in [5.41, 5.74) is 0. The van der Waals surface area contributed by atoms with Gasteiger partial charge in [0.05, 0.1) is 0 Å². The first-order valence-electron chi connectivity index (χ1n) is 2.30. The molecule has 0 unspecified atom stereocenters. The van der Waals surface area contributed by atoms with Crippen molar-refractivity contribution in [3.8, 4) is 0 Å². The molecule has 0 amide bonds. The van der Waals surface area contributed by atoms with E-state index in [0.29, 0.717) is 0 Å². The van der Waals surface area contributed by atoms with Crippen LogP contribution in [0.25, 0.3) is 0 Å². The molecule has 0 aliphatic heterocycles. The monoisotopic (exact) mass is 164 g/mol. The van der Waals surface area contributed by atoms with Crippen molar-refractivity contribution in [2.24, 2.45) is 0 Å². The molecule has 0 aromatic rings. The number of halogens is 5. The topological polar surface area (TPSA) is 9.23 Å². The smallest absolute Gasteiger partial charge is 0.330 e. The average Bonchev–Trinajstić information content (AvgIpc) is 1.84. The van der Waals surface area contributed by atoms with E-state index < -0.39 is 25.8 Å². The van der Waals surface area contributed by atoms with Gasteiger partial charge in [-0.05, 0) is 0 Å². The first kappa shape index (κ1) is 9.61. The molecule has 1 nitrogen and oxygen atoms in total. The van der Waals surface area contributed by atoms with Crippen molar-refractivity contribution >= 4 is 0 Å². The van der Waals surface area contributed by atoms with Crippen molar-refractivity contribution in [3.63, 3.8) is 0 Å². The molecule has 0 atom stereocenters. The zero-order chi connectivity index (χ0) is 8.20. The first-order valence-corrected chi connectivity index (χ1v) is 2.30. The maximum atomic E-state index is 11.7. The van der Waals surface area contributed by atoms with Gasteiger partial charge in [0.25, 0.3) is 0 Å². The van der Waals surface area contributed by atoms with Gasteiger partial charge in [0.2, 0.25) is 0 Å². The number of ether oxygens (including phenoxy) is 1. The first-order chi connectivity index (χ1) is 4.50. The standard InChI is InChI=1S/C4H5F5O/c5-2-10-1-4(8,9)3(6)7/h3H,1-2H2. The molecular weight excluding hydrogens is 159 g/mol. The lowest BCUT2D eigenvalue weighted by Gasteiger charge is -2.13. The molecule has 0 radical (unpaired) electrons. The zero-order valence-electron chi connectivity index (χ0n) is 4.79. The van der Waals surface area contributed by atoms with E-state index in [0.717, 1.165) is 0 Å². The third-order valence-corrected chi connectivity index (χ3v) is 0.691. The molecule has 0 heterocycles. The average molecular weight is 164 g/mol. The fourth-order valence-electron chi connectivity index (χ4n) is 0.238. The van der Waals surface area contributed by atoms with Crippen LogP contribution >= 0.6 is 0 Å². The summed E-state index contributed by atoms with van der Waals surface area (Å²) in [6, 6.07) is 0. The van der Waals surface area contributed by atoms with Crippen LogP contribution in [0.4, 0.5) is 22.0 Å². The van der Waals surface area contributed by atoms with Gasteiger partial charge in [-0.15, -0.1) is 0 Å². The van der Waals surface area contributed by atoms with Gasteiger partial charge in [-0.25, -0.2) is 13.2 Å². The van der Waals surface area contributed by atoms with Crippen molar-refractivity contribution in [3.05, 3.63) is 0 Å². The van der Waals surface area contributed by atoms with E-state index in [1.807, 2.05) is 0 Å². The predicted molar refractivity (Wildman–Crippen MR) is 22.9 cm³/mol. The highest BCUT2D eigenvalue weighted by atomic mass is 19.3. The summed E-state index contributed by atoms with van der Waals surface area (Å²) in [7, 11) is 0. The van der Waals surface area contributed by atoms with Crippen molar-refractivity contribution in [1.82, 2.24) is 0 Å². The molecular formula is C4H5F5O. The second-order valence-corrected chi connectivity index (χ2v) is 1.52. The molecule has 0 N–H and O–H groups in total. The molecule has 10 heavy (non-hydrogen) atoms. The Bertz CT molecular complexity index is 93.6. The number of hydrogen-bond donors (Lipinski definition) is 0. The van der Waals surface area contributed by atoms with Gasteiger partial charge in [0.15, 0.2) is 6.86 Å². The number of alkyl halides is 5. The fourth-order valence-corrected chi connectivity index (χ4v) is 0.238. The zero-order valence-corrected chi connectivity index (χ0v) is 4.79. The molecule has 62 valence electrons. The Morgan fingerprint density at radius 1 is 1.30 bits per heavy atom. The van der Waals surface area contributed by atoms with E-state index in [1.165, 1.54) is 0 Å². The SMILES string of the molecule is FCOCC(F)(F)C(F)F. The summed E-state index contributed by atoms with van der Waals surface area (Å²) in [5.74, 6) is -4.24. The van der Waals surface area contributed by atoms with E-state index >= 15 is 0 Å². The Labute approximate surface area is 53.8 Å². The van der Waals surface area contributed by atoms with Crippen LogP contribution in [0.1, 0.15) is 0 Å². The Morgan fingerprint density at radius 2 is 1.80 bits per heavy atom. The molecule has 0 aromatic carbocycles. The van der Waals surface area contributed by atoms with Crippen molar-refractivity contribution in [1.29, 1.82) is 0 Å². The van der Waals surface area contributed by atoms with E-state index in [-0.39, 0.29) is 0 Å². The van der Waals surface area contributed by atoms with Gasteiger partial charge in [0.1, 0.15) is 6.61 Å². The highest BCUT2D eigenvalue weighted by molar-refractivity contribution is 4.66. The van der Waals surface area contributed by atoms with Crippen LogP contribution in [0.5, 0.6) is 0 Å². The quantitative estimate of drug-likeness (QED) is 0.576. The summed E-state index contributed by atoms with van der Waals surface area (Å²) in [6.07, 6.45) is -3.81. The Morgan fingerprint density at radius 3 is 2.10 bits per heavy atom. The highest BCUT2D eigenvalue weighted by Crippen LogP contribution is 2.22. The fraction of sp³-hybridized carbons (Fsp3) is 1.00. The Kier molecular flexibility index (Phi) is 3.55. The van der Waals surface area contributed by atoms with Crippen LogP contribution in [-0.4, -0.2) is 25.8 Å². The van der Waals surface area contributed by atoms with Crippen LogP contribution in [-0.2, 0) is 4.74 Å². The van der Waals surface area contributed by atoms with E-state index in [9.17, 15) is 22.0 Å². The van der Waals surface area contributed by atoms with E-state index in [1.54, 1.807) is 0 Å². The molecule has 6 heteroatoms. The van der Waals surface area contributed by atoms with Gasteiger partial charge < -0.3 is 4.74 Å². The molecule has 0 rings (SSSR count). The summed E-state index contributed by atoms with van der Waals surface area (Å²) in [5, 5.41) is 0. The lowest BCUT2D eigenvalue weighted by Crippen LogP contribution is -2.32. The Balaban J connectivity index is 3.63. The summed E-state index contributed by atoms with van der Waals surface area (Å²) in [4.78, 5) is 0. The van der Waals surface area contributed by atoms with E-state index in [4.69, 9.17) is 0 Å². The van der Waals surface area contributed by atoms with Crippen molar-refractivity contribution in [2.75, 3.05) is 13.5 Å². The van der Waals surface area contributed by atoms with Gasteiger partial charge >= 0.3 is 12.3 Å². The largest absolute Gasteiger partial charge is 0.344 e. The minimum absolute atomic E-state index is 1.48. The minimum Gasteiger partial charge on any atom is -0.344 e. The van der Waals surface area contributed by atoms with Crippen LogP contribution in [0, 0.1) is 0 Å². The second-order valence-electron chi connectivity index (χ2n) is 1.52. The highest BCUT2D eigenvalue weighted by Gasteiger charge is 2.40. The van der Waals surface area contributed by atoms with Gasteiger partial charge in [-0.2, -0.15) is 8.78 Å². The van der Waals surface area contributed by atoms with Gasteiger partial charge in [-0.3, -0.25) is 0 Å². The van der Waals surface area contributed by atoms with Crippen molar-refractivity contribution in [2.45, 2.75) is 12.3 Å². The summed E-state index contributed by atoms with van der Waals surface area (Å²) in [6.45, 7) is -3.07. The number of hydrogen-bond acceptors (Lipinski definition) is 1. The lowest BCUT2D eigenvalue weighted by atomic mass is 10.4. The molecule has 0 saturated carbocycles. The van der Waals surface area contributed by atoms with Crippen LogP contribution < -0.4 is 0 Å². The molecule has 0 aliphatic carbocycles. The second kappa shape index (κ2) is 3.70. The molecule has 0 bridgehead atoms. The predicted octanol–water partition coefficient (Wildman–Crippen LogP) is 1.83. The number of rotatable bonds is 4. The molecule has 0 aliphatic rings. The third-order valence-electron chi connectivity index (χ3n) is 0.691. The van der Waals surface area contributed by atoms with Crippen LogP contribution in [0.3, 0.4) is 0 Å². The minimum atomic E-state index is -4.24. The molecule has 0 spiro atoms. The van der Waals surface area contributed by atoms with Crippen LogP contribution in [0.15, 0.2) is 0 Å². The molecule has 0 saturated heterocycles. The van der Waals surface area contributed by atoms with Gasteiger partial charge in [0, 0.05) is 0 Å².